The minimum absolute atomic E-state index is 0.875. The van der Waals surface area contributed by atoms with E-state index in [0.717, 1.165) is 56.1 Å². The van der Waals surface area contributed by atoms with Crippen LogP contribution in [0.15, 0.2) is 35.5 Å². The number of aromatic nitrogens is 1. The summed E-state index contributed by atoms with van der Waals surface area (Å²) in [4.78, 5) is 9.78. The zero-order valence-electron chi connectivity index (χ0n) is 15.4. The Labute approximate surface area is 154 Å². The number of rotatable bonds is 2. The van der Waals surface area contributed by atoms with Crippen molar-refractivity contribution in [3.8, 4) is 11.4 Å². The second kappa shape index (κ2) is 6.02. The number of likely N-dealkylation sites (N-methyl/N-ethyl adjacent to an activating group) is 1. The molecule has 1 aromatic heterocycles. The summed E-state index contributed by atoms with van der Waals surface area (Å²) < 4.78 is 8.02. The Balaban J connectivity index is 1.72. The van der Waals surface area contributed by atoms with Crippen LogP contribution in [0.25, 0.3) is 11.3 Å². The van der Waals surface area contributed by atoms with Crippen molar-refractivity contribution < 1.29 is 4.74 Å². The van der Waals surface area contributed by atoms with E-state index in [0.29, 0.717) is 0 Å². The molecule has 3 heterocycles. The number of hydrogen-bond acceptors (Lipinski definition) is 4. The Hall–Kier alpha value is -2.53. The smallest absolute Gasteiger partial charge is 0.145 e. The number of aryl methyl sites for hydroxylation is 1. The van der Waals surface area contributed by atoms with Crippen molar-refractivity contribution in [2.45, 2.75) is 12.8 Å². The highest BCUT2D eigenvalue weighted by molar-refractivity contribution is 6.13. The van der Waals surface area contributed by atoms with Gasteiger partial charge in [-0.05, 0) is 43.7 Å². The lowest BCUT2D eigenvalue weighted by molar-refractivity contribution is 0.313. The Bertz CT molecular complexity index is 916. The van der Waals surface area contributed by atoms with Crippen LogP contribution in [0.5, 0.6) is 5.75 Å². The van der Waals surface area contributed by atoms with E-state index in [1.54, 1.807) is 7.11 Å². The van der Waals surface area contributed by atoms with Crippen molar-refractivity contribution in [3.63, 3.8) is 0 Å². The lowest BCUT2D eigenvalue weighted by Crippen LogP contribution is -2.44. The van der Waals surface area contributed by atoms with E-state index >= 15 is 0 Å². The zero-order valence-corrected chi connectivity index (χ0v) is 15.4. The number of methoxy groups -OCH3 is 1. The molecule has 26 heavy (non-hydrogen) atoms. The van der Waals surface area contributed by atoms with Gasteiger partial charge in [-0.1, -0.05) is 6.08 Å². The molecule has 0 amide bonds. The molecule has 5 rings (SSSR count). The number of allylic oxidation sites excluding steroid dienone is 2. The van der Waals surface area contributed by atoms with Crippen molar-refractivity contribution in [2.75, 3.05) is 45.2 Å². The number of hydrogen-bond donors (Lipinski definition) is 0. The monoisotopic (exact) mass is 348 g/mol. The summed E-state index contributed by atoms with van der Waals surface area (Å²) in [7, 11) is 3.93. The summed E-state index contributed by atoms with van der Waals surface area (Å²) in [5.74, 6) is 0.875. The van der Waals surface area contributed by atoms with Crippen molar-refractivity contribution in [1.29, 1.82) is 0 Å². The van der Waals surface area contributed by atoms with Crippen molar-refractivity contribution in [2.24, 2.45) is 4.99 Å². The maximum atomic E-state index is 5.74. The van der Waals surface area contributed by atoms with Gasteiger partial charge in [0.1, 0.15) is 17.1 Å². The summed E-state index contributed by atoms with van der Waals surface area (Å²) >= 11 is 0. The predicted molar refractivity (Wildman–Crippen MR) is 106 cm³/mol. The number of benzene rings is 1. The van der Waals surface area contributed by atoms with Crippen LogP contribution in [0.2, 0.25) is 0 Å². The average Bonchev–Trinajstić information content (AvgIpc) is 3.02. The first-order valence-electron chi connectivity index (χ1n) is 9.36. The maximum Gasteiger partial charge on any atom is 0.145 e. The SMILES string of the molecule is COc1ccc(N2CCN(C)CC2)c2c1-n1ccc3c1C(=CCC3)C=N2. The lowest BCUT2D eigenvalue weighted by atomic mass is 9.98. The van der Waals surface area contributed by atoms with Crippen LogP contribution in [0.3, 0.4) is 0 Å². The third-order valence-corrected chi connectivity index (χ3v) is 5.75. The number of ether oxygens (including phenoxy) is 1. The first-order valence-corrected chi connectivity index (χ1v) is 9.36. The van der Waals surface area contributed by atoms with Gasteiger partial charge in [0.15, 0.2) is 0 Å². The molecule has 1 aromatic carbocycles. The number of aliphatic imine (C=N–C) groups is 1. The maximum absolute atomic E-state index is 5.74. The van der Waals surface area contributed by atoms with Crippen molar-refractivity contribution in [3.05, 3.63) is 41.7 Å². The molecule has 5 nitrogen and oxygen atoms in total. The van der Waals surface area contributed by atoms with E-state index in [1.165, 1.54) is 22.5 Å². The number of fused-ring (bicyclic) bond motifs is 2. The van der Waals surface area contributed by atoms with E-state index in [4.69, 9.17) is 9.73 Å². The average molecular weight is 348 g/mol. The fourth-order valence-corrected chi connectivity index (χ4v) is 4.29. The minimum Gasteiger partial charge on any atom is -0.494 e. The second-order valence-electron chi connectivity index (χ2n) is 7.29. The van der Waals surface area contributed by atoms with Gasteiger partial charge in [0.05, 0.1) is 18.5 Å². The topological polar surface area (TPSA) is 33.0 Å². The standard InChI is InChI=1S/C21H24N4O/c1-23-10-12-24(13-11-23)17-6-7-18(26-2)21-19(17)22-14-16-5-3-4-15-8-9-25(21)20(15)16/h5-9,14H,3-4,10-13H2,1-2H3. The fraction of sp³-hybridized carbons (Fsp3) is 0.381. The molecule has 134 valence electrons. The predicted octanol–water partition coefficient (Wildman–Crippen LogP) is 3.28. The molecular weight excluding hydrogens is 324 g/mol. The second-order valence-corrected chi connectivity index (χ2v) is 7.29. The van der Waals surface area contributed by atoms with Crippen LogP contribution >= 0.6 is 0 Å². The molecule has 1 aliphatic carbocycles. The van der Waals surface area contributed by atoms with E-state index in [-0.39, 0.29) is 0 Å². The Morgan fingerprint density at radius 2 is 1.92 bits per heavy atom. The van der Waals surface area contributed by atoms with Gasteiger partial charge in [-0.25, -0.2) is 0 Å². The molecule has 0 unspecified atom stereocenters. The van der Waals surface area contributed by atoms with Gasteiger partial charge in [0.25, 0.3) is 0 Å². The quantitative estimate of drug-likeness (QED) is 0.835. The third kappa shape index (κ3) is 2.31. The van der Waals surface area contributed by atoms with Gasteiger partial charge >= 0.3 is 0 Å². The van der Waals surface area contributed by atoms with Gasteiger partial charge in [-0.15, -0.1) is 0 Å². The Morgan fingerprint density at radius 1 is 1.08 bits per heavy atom. The molecule has 0 bridgehead atoms. The molecule has 3 aliphatic rings. The molecule has 0 radical (unpaired) electrons. The summed E-state index contributed by atoms with van der Waals surface area (Å²) in [6.45, 7) is 4.21. The summed E-state index contributed by atoms with van der Waals surface area (Å²) in [5, 5.41) is 0. The normalized spacial score (nSPS) is 18.8. The molecule has 2 aromatic rings. The van der Waals surface area contributed by atoms with E-state index in [1.807, 2.05) is 6.21 Å². The molecule has 0 N–H and O–H groups in total. The van der Waals surface area contributed by atoms with Crippen LogP contribution in [-0.2, 0) is 6.42 Å². The molecule has 0 atom stereocenters. The first-order chi connectivity index (χ1) is 12.8. The summed E-state index contributed by atoms with van der Waals surface area (Å²) in [6.07, 6.45) is 8.69. The highest BCUT2D eigenvalue weighted by Crippen LogP contribution is 2.45. The summed E-state index contributed by atoms with van der Waals surface area (Å²) in [6, 6.07) is 6.50. The van der Waals surface area contributed by atoms with Crippen molar-refractivity contribution >= 4 is 23.2 Å². The molecular formula is C21H24N4O. The number of nitrogens with zero attached hydrogens (tertiary/aromatic N) is 4. The van der Waals surface area contributed by atoms with E-state index in [2.05, 4.69) is 51.9 Å². The molecule has 0 spiro atoms. The van der Waals surface area contributed by atoms with Crippen molar-refractivity contribution in [1.82, 2.24) is 9.47 Å². The van der Waals surface area contributed by atoms with Crippen LogP contribution in [0.4, 0.5) is 11.4 Å². The number of anilines is 1. The summed E-state index contributed by atoms with van der Waals surface area (Å²) in [5.41, 5.74) is 7.17. The Kier molecular flexibility index (Phi) is 3.64. The number of piperazine rings is 1. The van der Waals surface area contributed by atoms with Gasteiger partial charge in [-0.3, -0.25) is 4.99 Å². The highest BCUT2D eigenvalue weighted by atomic mass is 16.5. The first kappa shape index (κ1) is 15.7. The zero-order chi connectivity index (χ0) is 17.7. The molecule has 0 saturated carbocycles. The van der Waals surface area contributed by atoms with Crippen LogP contribution in [-0.4, -0.2) is 56.0 Å². The highest BCUT2D eigenvalue weighted by Gasteiger charge is 2.27. The molecule has 5 heteroatoms. The van der Waals surface area contributed by atoms with Gasteiger partial charge in [0, 0.05) is 44.2 Å². The van der Waals surface area contributed by atoms with E-state index < -0.39 is 0 Å². The van der Waals surface area contributed by atoms with E-state index in [9.17, 15) is 0 Å². The molecule has 2 aliphatic heterocycles. The Morgan fingerprint density at radius 3 is 2.73 bits per heavy atom. The third-order valence-electron chi connectivity index (χ3n) is 5.75. The van der Waals surface area contributed by atoms with Gasteiger partial charge in [0.2, 0.25) is 0 Å². The van der Waals surface area contributed by atoms with Gasteiger partial charge < -0.3 is 19.1 Å². The molecule has 1 saturated heterocycles. The minimum atomic E-state index is 0.875. The molecule has 1 fully saturated rings. The van der Waals surface area contributed by atoms with Crippen LogP contribution < -0.4 is 9.64 Å². The van der Waals surface area contributed by atoms with Gasteiger partial charge in [-0.2, -0.15) is 0 Å². The van der Waals surface area contributed by atoms with Crippen LogP contribution in [0.1, 0.15) is 17.7 Å². The largest absolute Gasteiger partial charge is 0.494 e. The fourth-order valence-electron chi connectivity index (χ4n) is 4.29. The van der Waals surface area contributed by atoms with Crippen LogP contribution in [0, 0.1) is 0 Å². The lowest BCUT2D eigenvalue weighted by Gasteiger charge is -2.35.